The highest BCUT2D eigenvalue weighted by Crippen LogP contribution is 2.35. The van der Waals surface area contributed by atoms with E-state index >= 15 is 0 Å². The number of rotatable bonds is 2. The minimum atomic E-state index is -0.186. The van der Waals surface area contributed by atoms with Crippen LogP contribution in [0.3, 0.4) is 0 Å². The fraction of sp³-hybridized carbons (Fsp3) is 0.400. The monoisotopic (exact) mass is 394 g/mol. The number of ether oxygens (including phenoxy) is 1. The molecule has 0 saturated carbocycles. The van der Waals surface area contributed by atoms with Crippen LogP contribution in [0.25, 0.3) is 5.65 Å². The van der Waals surface area contributed by atoms with E-state index in [0.29, 0.717) is 35.9 Å². The van der Waals surface area contributed by atoms with Crippen LogP contribution >= 0.6 is 0 Å². The van der Waals surface area contributed by atoms with E-state index in [9.17, 15) is 9.59 Å². The number of hydrogen-bond donors (Lipinski definition) is 0. The quantitative estimate of drug-likeness (QED) is 0.656. The average Bonchev–Trinajstić information content (AvgIpc) is 3.30. The van der Waals surface area contributed by atoms with E-state index < -0.39 is 0 Å². The van der Waals surface area contributed by atoms with Crippen LogP contribution in [0, 0.1) is 0 Å². The summed E-state index contributed by atoms with van der Waals surface area (Å²) in [6, 6.07) is 5.53. The summed E-state index contributed by atoms with van der Waals surface area (Å²) in [5, 5.41) is 4.27. The van der Waals surface area contributed by atoms with Crippen molar-refractivity contribution >= 4 is 23.1 Å². The molecule has 3 aromatic heterocycles. The van der Waals surface area contributed by atoms with Gasteiger partial charge in [-0.3, -0.25) is 9.20 Å². The SMILES string of the molecule is Cn1nc2cc(N3CCCOc4cc(C(=O)N5CCCC5)cnc43)ccn2c1=O. The predicted molar refractivity (Wildman–Crippen MR) is 107 cm³/mol. The Bertz CT molecular complexity index is 1140. The zero-order chi connectivity index (χ0) is 20.0. The average molecular weight is 394 g/mol. The molecule has 0 N–H and O–H groups in total. The van der Waals surface area contributed by atoms with Crippen molar-refractivity contribution < 1.29 is 9.53 Å². The van der Waals surface area contributed by atoms with Crippen molar-refractivity contribution in [1.29, 1.82) is 0 Å². The van der Waals surface area contributed by atoms with Crippen LogP contribution in [0.4, 0.5) is 11.5 Å². The Morgan fingerprint density at radius 1 is 1.14 bits per heavy atom. The van der Waals surface area contributed by atoms with Crippen LogP contribution in [0.15, 0.2) is 35.4 Å². The van der Waals surface area contributed by atoms with E-state index in [1.54, 1.807) is 25.5 Å². The third-order valence-electron chi connectivity index (χ3n) is 5.48. The molecule has 29 heavy (non-hydrogen) atoms. The van der Waals surface area contributed by atoms with Gasteiger partial charge >= 0.3 is 5.69 Å². The van der Waals surface area contributed by atoms with Crippen molar-refractivity contribution in [2.45, 2.75) is 19.3 Å². The third kappa shape index (κ3) is 3.02. The largest absolute Gasteiger partial charge is 0.490 e. The van der Waals surface area contributed by atoms with Gasteiger partial charge in [-0.2, -0.15) is 5.10 Å². The second-order valence-corrected chi connectivity index (χ2v) is 7.42. The standard InChI is InChI=1S/C20H22N6O3/c1-23-20(28)26-9-5-15(12-17(26)22-23)25-8-4-10-29-16-11-14(13-21-18(16)25)19(27)24-6-2-3-7-24/h5,9,11-13H,2-4,6-8,10H2,1H3. The molecule has 0 radical (unpaired) electrons. The van der Waals surface area contributed by atoms with E-state index in [2.05, 4.69) is 10.1 Å². The van der Waals surface area contributed by atoms with E-state index in [-0.39, 0.29) is 11.6 Å². The fourth-order valence-electron chi connectivity index (χ4n) is 3.96. The summed E-state index contributed by atoms with van der Waals surface area (Å²) in [4.78, 5) is 33.3. The van der Waals surface area contributed by atoms with Gasteiger partial charge in [0, 0.05) is 50.8 Å². The molecule has 5 rings (SSSR count). The number of carbonyl (C=O) groups excluding carboxylic acids is 1. The molecular weight excluding hydrogens is 372 g/mol. The highest BCUT2D eigenvalue weighted by Gasteiger charge is 2.25. The molecule has 9 nitrogen and oxygen atoms in total. The van der Waals surface area contributed by atoms with Gasteiger partial charge < -0.3 is 14.5 Å². The molecule has 2 aliphatic heterocycles. The van der Waals surface area contributed by atoms with Crippen LogP contribution in [0.2, 0.25) is 0 Å². The molecule has 9 heteroatoms. The van der Waals surface area contributed by atoms with Crippen molar-refractivity contribution in [2.24, 2.45) is 7.05 Å². The Balaban J connectivity index is 1.53. The van der Waals surface area contributed by atoms with Gasteiger partial charge in [0.2, 0.25) is 0 Å². The first kappa shape index (κ1) is 17.7. The Labute approximate surface area is 167 Å². The van der Waals surface area contributed by atoms with Gasteiger partial charge in [0.25, 0.3) is 5.91 Å². The Hall–Kier alpha value is -3.36. The number of aromatic nitrogens is 4. The number of pyridine rings is 2. The lowest BCUT2D eigenvalue weighted by Gasteiger charge is -2.23. The van der Waals surface area contributed by atoms with Crippen LogP contribution in [0.5, 0.6) is 5.75 Å². The van der Waals surface area contributed by atoms with Gasteiger partial charge in [0.1, 0.15) is 0 Å². The number of fused-ring (bicyclic) bond motifs is 2. The van der Waals surface area contributed by atoms with Gasteiger partial charge in [0.05, 0.1) is 12.2 Å². The van der Waals surface area contributed by atoms with E-state index in [0.717, 1.165) is 38.0 Å². The molecule has 0 unspecified atom stereocenters. The van der Waals surface area contributed by atoms with Crippen molar-refractivity contribution in [2.75, 3.05) is 31.1 Å². The third-order valence-corrected chi connectivity index (χ3v) is 5.48. The molecule has 0 spiro atoms. The van der Waals surface area contributed by atoms with Crippen molar-refractivity contribution in [1.82, 2.24) is 24.1 Å². The molecule has 0 atom stereocenters. The lowest BCUT2D eigenvalue weighted by molar-refractivity contribution is 0.0792. The molecule has 0 aromatic carbocycles. The van der Waals surface area contributed by atoms with Gasteiger partial charge in [-0.25, -0.2) is 14.5 Å². The molecule has 0 aliphatic carbocycles. The second-order valence-electron chi connectivity index (χ2n) is 7.42. The molecule has 0 bridgehead atoms. The molecule has 1 saturated heterocycles. The maximum absolute atomic E-state index is 12.7. The minimum absolute atomic E-state index is 0.00600. The number of amides is 1. The summed E-state index contributed by atoms with van der Waals surface area (Å²) in [6.07, 6.45) is 6.26. The maximum atomic E-state index is 12.7. The number of likely N-dealkylation sites (tertiary alicyclic amines) is 1. The summed E-state index contributed by atoms with van der Waals surface area (Å²) in [7, 11) is 1.63. The summed E-state index contributed by atoms with van der Waals surface area (Å²) in [5.74, 6) is 1.28. The summed E-state index contributed by atoms with van der Waals surface area (Å²) in [6.45, 7) is 2.86. The van der Waals surface area contributed by atoms with Gasteiger partial charge in [-0.05, 0) is 31.4 Å². The van der Waals surface area contributed by atoms with Gasteiger partial charge in [-0.15, -0.1) is 0 Å². The number of anilines is 2. The van der Waals surface area contributed by atoms with Gasteiger partial charge in [-0.1, -0.05) is 0 Å². The van der Waals surface area contributed by atoms with Crippen LogP contribution in [0.1, 0.15) is 29.6 Å². The lowest BCUT2D eigenvalue weighted by Crippen LogP contribution is -2.28. The Kier molecular flexibility index (Phi) is 4.22. The molecule has 150 valence electrons. The molecule has 1 fully saturated rings. The maximum Gasteiger partial charge on any atom is 0.350 e. The highest BCUT2D eigenvalue weighted by atomic mass is 16.5. The first-order valence-electron chi connectivity index (χ1n) is 9.87. The second kappa shape index (κ2) is 6.91. The minimum Gasteiger partial charge on any atom is -0.490 e. The zero-order valence-electron chi connectivity index (χ0n) is 16.2. The predicted octanol–water partition coefficient (Wildman–Crippen LogP) is 1.58. The van der Waals surface area contributed by atoms with Gasteiger partial charge in [0.15, 0.2) is 17.2 Å². The summed E-state index contributed by atoms with van der Waals surface area (Å²) < 4.78 is 8.73. The van der Waals surface area contributed by atoms with Crippen LogP contribution < -0.4 is 15.3 Å². The van der Waals surface area contributed by atoms with Crippen molar-refractivity contribution in [3.63, 3.8) is 0 Å². The summed E-state index contributed by atoms with van der Waals surface area (Å²) in [5.41, 5.74) is 1.82. The highest BCUT2D eigenvalue weighted by molar-refractivity contribution is 5.95. The first-order chi connectivity index (χ1) is 14.1. The number of aryl methyl sites for hydroxylation is 1. The molecular formula is C20H22N6O3. The van der Waals surface area contributed by atoms with Crippen LogP contribution in [-0.4, -0.2) is 56.2 Å². The van der Waals surface area contributed by atoms with Crippen molar-refractivity contribution in [3.05, 3.63) is 46.6 Å². The summed E-state index contributed by atoms with van der Waals surface area (Å²) >= 11 is 0. The first-order valence-corrected chi connectivity index (χ1v) is 9.87. The van der Waals surface area contributed by atoms with E-state index in [1.165, 1.54) is 9.08 Å². The smallest absolute Gasteiger partial charge is 0.350 e. The number of nitrogens with zero attached hydrogens (tertiary/aromatic N) is 6. The number of carbonyl (C=O) groups is 1. The van der Waals surface area contributed by atoms with Crippen molar-refractivity contribution in [3.8, 4) is 5.75 Å². The molecule has 5 heterocycles. The zero-order valence-corrected chi connectivity index (χ0v) is 16.2. The fourth-order valence-corrected chi connectivity index (χ4v) is 3.96. The number of hydrogen-bond acceptors (Lipinski definition) is 6. The molecule has 3 aromatic rings. The Morgan fingerprint density at radius 2 is 1.97 bits per heavy atom. The van der Waals surface area contributed by atoms with Crippen LogP contribution in [-0.2, 0) is 7.05 Å². The molecule has 1 amide bonds. The Morgan fingerprint density at radius 3 is 2.79 bits per heavy atom. The molecule has 2 aliphatic rings. The van der Waals surface area contributed by atoms with E-state index in [4.69, 9.17) is 4.74 Å². The lowest BCUT2D eigenvalue weighted by atomic mass is 10.2. The normalized spacial score (nSPS) is 16.6. The van der Waals surface area contributed by atoms with E-state index in [1.807, 2.05) is 21.9 Å². The topological polar surface area (TPSA) is 85.0 Å².